The van der Waals surface area contributed by atoms with Crippen LogP contribution >= 0.6 is 11.6 Å². The van der Waals surface area contributed by atoms with Gasteiger partial charge in [0, 0.05) is 58.3 Å². The predicted octanol–water partition coefficient (Wildman–Crippen LogP) is 3.52. The summed E-state index contributed by atoms with van der Waals surface area (Å²) in [6, 6.07) is 21.8. The number of benzene rings is 3. The normalized spacial score (nSPS) is 17.2. The maximum Gasteiger partial charge on any atom is 0.321 e. The Morgan fingerprint density at radius 1 is 0.929 bits per heavy atom. The number of halogens is 1. The molecule has 0 bridgehead atoms. The fourth-order valence-corrected chi connectivity index (χ4v) is 5.56. The van der Waals surface area contributed by atoms with Gasteiger partial charge in [-0.25, -0.2) is 4.79 Å². The number of carbonyl (C=O) groups excluding carboxylic acids is 3. The van der Waals surface area contributed by atoms with Crippen molar-refractivity contribution >= 4 is 40.8 Å². The zero-order valence-electron chi connectivity index (χ0n) is 24.0. The number of rotatable bonds is 7. The van der Waals surface area contributed by atoms with Crippen LogP contribution in [0.2, 0.25) is 5.02 Å². The Hall–Kier alpha value is -4.08. The first kappa shape index (κ1) is 29.4. The summed E-state index contributed by atoms with van der Waals surface area (Å²) in [5.41, 5.74) is 4.90. The quantitative estimate of drug-likeness (QED) is 0.392. The molecular formula is C32H37ClN6O3. The zero-order valence-corrected chi connectivity index (χ0v) is 24.7. The van der Waals surface area contributed by atoms with E-state index in [1.807, 2.05) is 53.4 Å². The highest BCUT2D eigenvalue weighted by Gasteiger charge is 2.32. The van der Waals surface area contributed by atoms with Gasteiger partial charge >= 0.3 is 6.03 Å². The lowest BCUT2D eigenvalue weighted by atomic mass is 9.95. The Kier molecular flexibility index (Phi) is 9.29. The molecule has 9 nitrogen and oxygen atoms in total. The van der Waals surface area contributed by atoms with E-state index in [1.165, 1.54) is 10.5 Å². The summed E-state index contributed by atoms with van der Waals surface area (Å²) in [5, 5.41) is 9.97. The summed E-state index contributed by atoms with van der Waals surface area (Å²) in [4.78, 5) is 45.1. The van der Waals surface area contributed by atoms with Crippen LogP contribution in [0.15, 0.2) is 72.8 Å². The van der Waals surface area contributed by atoms with Crippen LogP contribution in [0.1, 0.15) is 16.7 Å². The summed E-state index contributed by atoms with van der Waals surface area (Å²) in [6.45, 7) is 2.81. The number of hydrogen-bond acceptors (Lipinski definition) is 5. The van der Waals surface area contributed by atoms with E-state index in [0.717, 1.165) is 22.5 Å². The molecule has 3 aromatic rings. The smallest absolute Gasteiger partial charge is 0.321 e. The zero-order chi connectivity index (χ0) is 29.6. The van der Waals surface area contributed by atoms with Gasteiger partial charge in [-0.2, -0.15) is 0 Å². The molecule has 2 aliphatic heterocycles. The fraction of sp³-hybridized carbons (Fsp3) is 0.344. The van der Waals surface area contributed by atoms with Crippen molar-refractivity contribution in [2.24, 2.45) is 0 Å². The molecule has 10 heteroatoms. The van der Waals surface area contributed by atoms with E-state index in [4.69, 9.17) is 11.6 Å². The molecule has 0 radical (unpaired) electrons. The molecule has 5 rings (SSSR count). The molecule has 0 spiro atoms. The van der Waals surface area contributed by atoms with Gasteiger partial charge in [0.05, 0.1) is 17.4 Å². The maximum atomic E-state index is 13.9. The summed E-state index contributed by atoms with van der Waals surface area (Å²) in [7, 11) is 3.40. The molecule has 2 atom stereocenters. The Balaban J connectivity index is 1.27. The first-order valence-corrected chi connectivity index (χ1v) is 14.6. The molecule has 3 aromatic carbocycles. The number of para-hydroxylation sites is 2. The Labute approximate surface area is 251 Å². The number of anilines is 2. The van der Waals surface area contributed by atoms with Crippen molar-refractivity contribution in [1.29, 1.82) is 0 Å². The number of nitrogens with zero attached hydrogens (tertiary/aromatic N) is 3. The van der Waals surface area contributed by atoms with Gasteiger partial charge in [-0.1, -0.05) is 60.1 Å². The summed E-state index contributed by atoms with van der Waals surface area (Å²) in [6.07, 6.45) is 0.941. The summed E-state index contributed by atoms with van der Waals surface area (Å²) < 4.78 is 0. The minimum absolute atomic E-state index is 0.108. The first-order chi connectivity index (χ1) is 20.3. The fourth-order valence-electron chi connectivity index (χ4n) is 5.44. The van der Waals surface area contributed by atoms with Crippen LogP contribution < -0.4 is 20.9 Å². The van der Waals surface area contributed by atoms with E-state index in [2.05, 4.69) is 33.0 Å². The third kappa shape index (κ3) is 7.03. The van der Waals surface area contributed by atoms with Crippen LogP contribution in [-0.2, 0) is 29.0 Å². The highest BCUT2D eigenvalue weighted by atomic mass is 35.5. The van der Waals surface area contributed by atoms with Crippen LogP contribution in [0.25, 0.3) is 0 Å². The van der Waals surface area contributed by atoms with Gasteiger partial charge in [-0.05, 0) is 47.4 Å². The second-order valence-corrected chi connectivity index (χ2v) is 11.4. The van der Waals surface area contributed by atoms with Crippen LogP contribution in [-0.4, -0.2) is 80.0 Å². The van der Waals surface area contributed by atoms with Crippen LogP contribution in [0.4, 0.5) is 16.2 Å². The third-order valence-corrected chi connectivity index (χ3v) is 8.10. The minimum Gasteiger partial charge on any atom is -0.366 e. The average Bonchev–Trinajstić information content (AvgIpc) is 3.01. The summed E-state index contributed by atoms with van der Waals surface area (Å²) in [5.74, 6) is -0.288. The van der Waals surface area contributed by atoms with Crippen LogP contribution in [0.5, 0.6) is 0 Å². The Bertz CT molecular complexity index is 1420. The largest absolute Gasteiger partial charge is 0.366 e. The van der Waals surface area contributed by atoms with Crippen molar-refractivity contribution in [1.82, 2.24) is 20.4 Å². The van der Waals surface area contributed by atoms with Gasteiger partial charge in [0.1, 0.15) is 6.04 Å². The van der Waals surface area contributed by atoms with Gasteiger partial charge in [0.2, 0.25) is 11.8 Å². The number of urea groups is 1. The number of hydrogen-bond donors (Lipinski definition) is 3. The second kappa shape index (κ2) is 13.3. The molecule has 0 aromatic heterocycles. The molecule has 0 unspecified atom stereocenters. The van der Waals surface area contributed by atoms with Crippen molar-refractivity contribution < 1.29 is 14.4 Å². The van der Waals surface area contributed by atoms with Crippen molar-refractivity contribution in [3.8, 4) is 0 Å². The molecule has 3 N–H and O–H groups in total. The maximum absolute atomic E-state index is 13.9. The molecule has 0 saturated carbocycles. The predicted molar refractivity (Wildman–Crippen MR) is 166 cm³/mol. The van der Waals surface area contributed by atoms with E-state index in [0.29, 0.717) is 50.6 Å². The van der Waals surface area contributed by atoms with E-state index in [1.54, 1.807) is 26.2 Å². The summed E-state index contributed by atoms with van der Waals surface area (Å²) >= 11 is 6.09. The number of piperazine rings is 1. The van der Waals surface area contributed by atoms with E-state index < -0.39 is 12.1 Å². The lowest BCUT2D eigenvalue weighted by Gasteiger charge is -2.38. The third-order valence-electron chi connectivity index (χ3n) is 7.85. The Morgan fingerprint density at radius 2 is 1.60 bits per heavy atom. The van der Waals surface area contributed by atoms with Crippen molar-refractivity contribution in [2.75, 3.05) is 50.5 Å². The minimum atomic E-state index is -0.712. The molecule has 42 heavy (non-hydrogen) atoms. The number of amides is 4. The van der Waals surface area contributed by atoms with Gasteiger partial charge in [0.15, 0.2) is 0 Å². The topological polar surface area (TPSA) is 97.0 Å². The lowest BCUT2D eigenvalue weighted by Crippen LogP contribution is -2.58. The standard InChI is InChI=1S/C32H37ClN6O3/c1-37(2)32(42)36-26-9-5-6-10-29(26)38-15-17-39(18-16-38)31(41)28(19-22-11-13-25(33)14-12-22)35-30(40)27-20-23-7-3-4-8-24(23)21-34-27/h3-14,27-28,34H,15-21H2,1-2H3,(H,35,40)(H,36,42)/t27-,28-/m1/s1. The van der Waals surface area contributed by atoms with Crippen LogP contribution in [0.3, 0.4) is 0 Å². The van der Waals surface area contributed by atoms with Gasteiger partial charge in [-0.3, -0.25) is 9.59 Å². The van der Waals surface area contributed by atoms with Crippen LogP contribution in [0, 0.1) is 0 Å². The molecule has 4 amide bonds. The Morgan fingerprint density at radius 3 is 2.31 bits per heavy atom. The molecule has 1 saturated heterocycles. The lowest BCUT2D eigenvalue weighted by molar-refractivity contribution is -0.137. The second-order valence-electron chi connectivity index (χ2n) is 11.0. The molecule has 2 aliphatic rings. The highest BCUT2D eigenvalue weighted by Crippen LogP contribution is 2.27. The monoisotopic (exact) mass is 588 g/mol. The van der Waals surface area contributed by atoms with Crippen molar-refractivity contribution in [3.05, 3.63) is 94.5 Å². The number of fused-ring (bicyclic) bond motifs is 1. The van der Waals surface area contributed by atoms with E-state index >= 15 is 0 Å². The van der Waals surface area contributed by atoms with E-state index in [-0.39, 0.29) is 17.8 Å². The number of nitrogens with one attached hydrogen (secondary N) is 3. The molecule has 0 aliphatic carbocycles. The average molecular weight is 589 g/mol. The van der Waals surface area contributed by atoms with Gasteiger partial charge in [-0.15, -0.1) is 0 Å². The SMILES string of the molecule is CN(C)C(=O)Nc1ccccc1N1CCN(C(=O)[C@@H](Cc2ccc(Cl)cc2)NC(=O)[C@H]2Cc3ccccc3CN2)CC1. The molecule has 220 valence electrons. The van der Waals surface area contributed by atoms with E-state index in [9.17, 15) is 14.4 Å². The molecule has 2 heterocycles. The van der Waals surface area contributed by atoms with Crippen molar-refractivity contribution in [3.63, 3.8) is 0 Å². The molecule has 1 fully saturated rings. The van der Waals surface area contributed by atoms with Gasteiger partial charge < -0.3 is 30.7 Å². The van der Waals surface area contributed by atoms with Crippen molar-refractivity contribution in [2.45, 2.75) is 31.5 Å². The highest BCUT2D eigenvalue weighted by molar-refractivity contribution is 6.30. The van der Waals surface area contributed by atoms with Gasteiger partial charge in [0.25, 0.3) is 0 Å². The number of carbonyl (C=O) groups is 3. The molecular weight excluding hydrogens is 552 g/mol. The first-order valence-electron chi connectivity index (χ1n) is 14.2.